The van der Waals surface area contributed by atoms with Gasteiger partial charge in [0.2, 0.25) is 0 Å². The first-order valence-corrected chi connectivity index (χ1v) is 7.64. The van der Waals surface area contributed by atoms with Crippen LogP contribution in [-0.2, 0) is 4.74 Å². The summed E-state index contributed by atoms with van der Waals surface area (Å²) in [7, 11) is 0. The molecule has 3 N–H and O–H groups in total. The summed E-state index contributed by atoms with van der Waals surface area (Å²) in [4.78, 5) is 4.03. The molecule has 0 unspecified atom stereocenters. The fourth-order valence-corrected chi connectivity index (χ4v) is 1.73. The number of rotatable bonds is 12. The molecule has 0 fully saturated rings. The molecule has 0 saturated heterocycles. The van der Waals surface area contributed by atoms with E-state index in [0.717, 1.165) is 13.0 Å². The zero-order valence-corrected chi connectivity index (χ0v) is 12.8. The number of nitrogens with one attached hydrogen (secondary N) is 1. The highest BCUT2D eigenvalue weighted by molar-refractivity contribution is 5.77. The molecule has 0 aromatic rings. The van der Waals surface area contributed by atoms with Crippen LogP contribution in [0.1, 0.15) is 51.9 Å². The summed E-state index contributed by atoms with van der Waals surface area (Å²) in [6.07, 6.45) is 3.43. The first kappa shape index (κ1) is 20.0. The van der Waals surface area contributed by atoms with Crippen molar-refractivity contribution >= 4 is 5.96 Å². The molecule has 4 nitrogen and oxygen atoms in total. The van der Waals surface area contributed by atoms with Crippen LogP contribution < -0.4 is 11.1 Å². The molecule has 0 atom stereocenters. The Balaban J connectivity index is 3.36. The van der Waals surface area contributed by atoms with Crippen LogP contribution in [0.25, 0.3) is 0 Å². The van der Waals surface area contributed by atoms with Gasteiger partial charge in [-0.15, -0.1) is 0 Å². The molecule has 0 heterocycles. The Morgan fingerprint density at radius 1 is 1.10 bits per heavy atom. The van der Waals surface area contributed by atoms with E-state index in [4.69, 9.17) is 5.73 Å². The van der Waals surface area contributed by atoms with Crippen molar-refractivity contribution in [3.05, 3.63) is 0 Å². The van der Waals surface area contributed by atoms with Crippen molar-refractivity contribution in [2.45, 2.75) is 58.0 Å². The molecule has 0 spiro atoms. The average molecular weight is 311 g/mol. The summed E-state index contributed by atoms with van der Waals surface area (Å²) in [5.41, 5.74) is 5.64. The third-order valence-corrected chi connectivity index (χ3v) is 2.83. The molecule has 0 aliphatic heterocycles. The minimum Gasteiger partial charge on any atom is -0.372 e. The number of aliphatic imine (C=N–C) groups is 1. The Bertz CT molecular complexity index is 271. The number of nitrogens with zero attached hydrogens (tertiary/aromatic N) is 1. The SMILES string of the molecule is CCCCCCCCNC(N)=NCCCOCC(F)(F)F. The molecule has 0 aliphatic rings. The maximum absolute atomic E-state index is 11.8. The normalized spacial score (nSPS) is 12.7. The Kier molecular flexibility index (Phi) is 12.1. The molecule has 126 valence electrons. The van der Waals surface area contributed by atoms with Gasteiger partial charge in [-0.1, -0.05) is 39.0 Å². The zero-order valence-electron chi connectivity index (χ0n) is 12.8. The minimum absolute atomic E-state index is 0.0354. The number of hydrogen-bond donors (Lipinski definition) is 2. The number of hydrogen-bond acceptors (Lipinski definition) is 2. The Labute approximate surface area is 125 Å². The van der Waals surface area contributed by atoms with E-state index < -0.39 is 12.8 Å². The lowest BCUT2D eigenvalue weighted by Crippen LogP contribution is -2.32. The van der Waals surface area contributed by atoms with Gasteiger partial charge in [-0.2, -0.15) is 13.2 Å². The van der Waals surface area contributed by atoms with E-state index in [-0.39, 0.29) is 6.61 Å². The van der Waals surface area contributed by atoms with Crippen LogP contribution in [0.15, 0.2) is 4.99 Å². The first-order chi connectivity index (χ1) is 9.95. The van der Waals surface area contributed by atoms with E-state index >= 15 is 0 Å². The fraction of sp³-hybridized carbons (Fsp3) is 0.929. The van der Waals surface area contributed by atoms with Crippen LogP contribution in [0.3, 0.4) is 0 Å². The van der Waals surface area contributed by atoms with Gasteiger partial charge in [0.1, 0.15) is 6.61 Å². The zero-order chi connectivity index (χ0) is 16.0. The summed E-state index contributed by atoms with van der Waals surface area (Å²) >= 11 is 0. The molecule has 0 radical (unpaired) electrons. The second kappa shape index (κ2) is 12.7. The smallest absolute Gasteiger partial charge is 0.372 e. The largest absolute Gasteiger partial charge is 0.411 e. The number of alkyl halides is 3. The third kappa shape index (κ3) is 17.0. The van der Waals surface area contributed by atoms with E-state index in [1.54, 1.807) is 0 Å². The summed E-state index contributed by atoms with van der Waals surface area (Å²) in [6.45, 7) is 2.17. The lowest BCUT2D eigenvalue weighted by Gasteiger charge is -2.07. The second-order valence-corrected chi connectivity index (χ2v) is 4.98. The maximum Gasteiger partial charge on any atom is 0.411 e. The monoisotopic (exact) mass is 311 g/mol. The Hall–Kier alpha value is -0.980. The van der Waals surface area contributed by atoms with E-state index in [9.17, 15) is 13.2 Å². The van der Waals surface area contributed by atoms with Crippen LogP contribution in [0.4, 0.5) is 13.2 Å². The Morgan fingerprint density at radius 3 is 2.43 bits per heavy atom. The first-order valence-electron chi connectivity index (χ1n) is 7.64. The van der Waals surface area contributed by atoms with Crippen LogP contribution >= 0.6 is 0 Å². The Morgan fingerprint density at radius 2 is 1.76 bits per heavy atom. The molecule has 0 aliphatic carbocycles. The number of nitrogens with two attached hydrogens (primary N) is 1. The van der Waals surface area contributed by atoms with Crippen LogP contribution in [0, 0.1) is 0 Å². The van der Waals surface area contributed by atoms with Crippen LogP contribution in [-0.4, -0.2) is 38.4 Å². The summed E-state index contributed by atoms with van der Waals surface area (Å²) < 4.78 is 39.8. The number of unbranched alkanes of at least 4 members (excludes halogenated alkanes) is 5. The van der Waals surface area contributed by atoms with Crippen LogP contribution in [0.2, 0.25) is 0 Å². The van der Waals surface area contributed by atoms with Crippen molar-refractivity contribution in [3.63, 3.8) is 0 Å². The van der Waals surface area contributed by atoms with E-state index in [1.807, 2.05) is 0 Å². The lowest BCUT2D eigenvalue weighted by molar-refractivity contribution is -0.173. The summed E-state index contributed by atoms with van der Waals surface area (Å²) in [5, 5.41) is 3.00. The minimum atomic E-state index is -4.26. The summed E-state index contributed by atoms with van der Waals surface area (Å²) in [6, 6.07) is 0. The van der Waals surface area contributed by atoms with Crippen molar-refractivity contribution in [2.24, 2.45) is 10.7 Å². The quantitative estimate of drug-likeness (QED) is 0.330. The van der Waals surface area contributed by atoms with Gasteiger partial charge in [-0.3, -0.25) is 4.99 Å². The van der Waals surface area contributed by atoms with Crippen molar-refractivity contribution < 1.29 is 17.9 Å². The van der Waals surface area contributed by atoms with E-state index in [1.165, 1.54) is 32.1 Å². The number of guanidine groups is 1. The van der Waals surface area contributed by atoms with Gasteiger partial charge in [-0.25, -0.2) is 0 Å². The molecule has 0 amide bonds. The van der Waals surface area contributed by atoms with Gasteiger partial charge in [0, 0.05) is 19.7 Å². The molecule has 0 aromatic carbocycles. The van der Waals surface area contributed by atoms with Gasteiger partial charge < -0.3 is 15.8 Å². The molecule has 0 saturated carbocycles. The molecule has 0 aromatic heterocycles. The van der Waals surface area contributed by atoms with Crippen LogP contribution in [0.5, 0.6) is 0 Å². The van der Waals surface area contributed by atoms with E-state index in [0.29, 0.717) is 18.9 Å². The highest BCUT2D eigenvalue weighted by atomic mass is 19.4. The molecule has 21 heavy (non-hydrogen) atoms. The standard InChI is InChI=1S/C14H28F3N3O/c1-2-3-4-5-6-7-9-19-13(18)20-10-8-11-21-12-14(15,16)17/h2-12H2,1H3,(H3,18,19,20). The fourth-order valence-electron chi connectivity index (χ4n) is 1.73. The highest BCUT2D eigenvalue weighted by Crippen LogP contribution is 2.14. The van der Waals surface area contributed by atoms with Crippen molar-refractivity contribution in [2.75, 3.05) is 26.3 Å². The highest BCUT2D eigenvalue weighted by Gasteiger charge is 2.27. The molecule has 0 bridgehead atoms. The van der Waals surface area contributed by atoms with Crippen molar-refractivity contribution in [1.82, 2.24) is 5.32 Å². The van der Waals surface area contributed by atoms with Crippen molar-refractivity contribution in [1.29, 1.82) is 0 Å². The average Bonchev–Trinajstić information content (AvgIpc) is 2.40. The third-order valence-electron chi connectivity index (χ3n) is 2.83. The molecular weight excluding hydrogens is 283 g/mol. The molecular formula is C14H28F3N3O. The predicted molar refractivity (Wildman–Crippen MR) is 79.4 cm³/mol. The van der Waals surface area contributed by atoms with Gasteiger partial charge >= 0.3 is 6.18 Å². The molecule has 0 rings (SSSR count). The lowest BCUT2D eigenvalue weighted by atomic mass is 10.1. The topological polar surface area (TPSA) is 59.6 Å². The number of halogens is 3. The van der Waals surface area contributed by atoms with Gasteiger partial charge in [0.05, 0.1) is 0 Å². The number of ether oxygens (including phenoxy) is 1. The van der Waals surface area contributed by atoms with Gasteiger partial charge in [-0.05, 0) is 12.8 Å². The van der Waals surface area contributed by atoms with Gasteiger partial charge in [0.25, 0.3) is 0 Å². The maximum atomic E-state index is 11.8. The predicted octanol–water partition coefficient (Wildman–Crippen LogP) is 3.22. The molecule has 7 heteroatoms. The van der Waals surface area contributed by atoms with Gasteiger partial charge in [0.15, 0.2) is 5.96 Å². The van der Waals surface area contributed by atoms with Crippen molar-refractivity contribution in [3.8, 4) is 0 Å². The second-order valence-electron chi connectivity index (χ2n) is 4.98. The van der Waals surface area contributed by atoms with E-state index in [2.05, 4.69) is 22.0 Å². The summed E-state index contributed by atoms with van der Waals surface area (Å²) in [5.74, 6) is 0.347.